The van der Waals surface area contributed by atoms with Crippen LogP contribution < -0.4 is 0 Å². The van der Waals surface area contributed by atoms with Crippen molar-refractivity contribution in [2.75, 3.05) is 0 Å². The Labute approximate surface area is 164 Å². The molecule has 1 heterocycles. The van der Waals surface area contributed by atoms with Gasteiger partial charge in [0.05, 0.1) is 0 Å². The first-order chi connectivity index (χ1) is 13.0. The molecule has 152 valence electrons. The Morgan fingerprint density at radius 3 is 2.32 bits per heavy atom. The molecule has 0 amide bonds. The van der Waals surface area contributed by atoms with Crippen LogP contribution in [0, 0.1) is 37.0 Å². The molecule has 4 atom stereocenters. The fourth-order valence-electron chi connectivity index (χ4n) is 5.40. The second-order valence-corrected chi connectivity index (χ2v) is 13.9. The molecule has 1 aromatic carbocycles. The van der Waals surface area contributed by atoms with E-state index < -0.39 is 40.7 Å². The van der Waals surface area contributed by atoms with Gasteiger partial charge in [-0.2, -0.15) is 0 Å². The van der Waals surface area contributed by atoms with Gasteiger partial charge in [0.1, 0.15) is 0 Å². The standard InChI is InChI=1S/C18H22N2O7Se/c1-17(2)12-4-5-18(17)10-28(3,26-15(18)8-12)27-16(21)11-6-13(19(22)23)9-14(7-11)20(24)25/h6-7,9,12,15H,4-5,8,10H2,1-3H3. The summed E-state index contributed by atoms with van der Waals surface area (Å²) in [6.45, 7) is 4.53. The maximum absolute atomic E-state index is 12.7. The molecule has 1 aliphatic heterocycles. The van der Waals surface area contributed by atoms with Gasteiger partial charge in [0.25, 0.3) is 0 Å². The third-order valence-corrected chi connectivity index (χ3v) is 11.6. The van der Waals surface area contributed by atoms with Crippen LogP contribution >= 0.6 is 0 Å². The van der Waals surface area contributed by atoms with Crippen LogP contribution in [0.25, 0.3) is 0 Å². The van der Waals surface area contributed by atoms with Gasteiger partial charge in [0, 0.05) is 0 Å². The van der Waals surface area contributed by atoms with E-state index in [1.165, 1.54) is 0 Å². The molecular weight excluding hydrogens is 435 g/mol. The Morgan fingerprint density at radius 2 is 1.82 bits per heavy atom. The van der Waals surface area contributed by atoms with Crippen LogP contribution in [-0.4, -0.2) is 35.4 Å². The fraction of sp³-hybridized carbons (Fsp3) is 0.611. The van der Waals surface area contributed by atoms with Crippen molar-refractivity contribution in [3.63, 3.8) is 0 Å². The summed E-state index contributed by atoms with van der Waals surface area (Å²) >= 11 is -3.07. The molecule has 4 unspecified atom stereocenters. The summed E-state index contributed by atoms with van der Waals surface area (Å²) in [6, 6.07) is 2.85. The molecule has 1 saturated heterocycles. The van der Waals surface area contributed by atoms with E-state index in [1.54, 1.807) is 0 Å². The van der Waals surface area contributed by atoms with E-state index in [-0.39, 0.29) is 22.5 Å². The fourth-order valence-corrected chi connectivity index (χ4v) is 11.6. The van der Waals surface area contributed by atoms with Crippen LogP contribution in [0.4, 0.5) is 11.4 Å². The number of nitro benzene ring substituents is 2. The van der Waals surface area contributed by atoms with E-state index in [0.29, 0.717) is 11.2 Å². The summed E-state index contributed by atoms with van der Waals surface area (Å²) in [5, 5.41) is 22.8. The van der Waals surface area contributed by atoms with E-state index in [2.05, 4.69) is 13.8 Å². The second-order valence-electron chi connectivity index (χ2n) is 8.63. The van der Waals surface area contributed by atoms with Crippen molar-refractivity contribution in [1.29, 1.82) is 0 Å². The number of carbonyl (C=O) groups excluding carboxylic acids is 1. The van der Waals surface area contributed by atoms with Crippen LogP contribution in [0.5, 0.6) is 0 Å². The third-order valence-electron chi connectivity index (χ3n) is 7.01. The van der Waals surface area contributed by atoms with Crippen molar-refractivity contribution in [2.45, 2.75) is 50.4 Å². The topological polar surface area (TPSA) is 122 Å². The van der Waals surface area contributed by atoms with Gasteiger partial charge < -0.3 is 0 Å². The first kappa shape index (κ1) is 19.3. The monoisotopic (exact) mass is 458 g/mol. The summed E-state index contributed by atoms with van der Waals surface area (Å²) in [4.78, 5) is 33.3. The van der Waals surface area contributed by atoms with E-state index >= 15 is 0 Å². The minimum atomic E-state index is -3.07. The first-order valence-electron chi connectivity index (χ1n) is 9.09. The van der Waals surface area contributed by atoms with E-state index in [9.17, 15) is 25.0 Å². The number of hydrogen-bond acceptors (Lipinski definition) is 7. The van der Waals surface area contributed by atoms with Gasteiger partial charge in [-0.1, -0.05) is 0 Å². The number of non-ortho nitro benzene ring substituents is 2. The van der Waals surface area contributed by atoms with Gasteiger partial charge in [0.2, 0.25) is 0 Å². The molecule has 4 rings (SSSR count). The summed E-state index contributed by atoms with van der Waals surface area (Å²) in [6.07, 6.45) is 3.27. The molecule has 1 spiro atoms. The van der Waals surface area contributed by atoms with Gasteiger partial charge in [-0.25, -0.2) is 0 Å². The minimum absolute atomic E-state index is 0.0153. The van der Waals surface area contributed by atoms with Gasteiger partial charge in [0.15, 0.2) is 0 Å². The Kier molecular flexibility index (Phi) is 4.12. The van der Waals surface area contributed by atoms with Crippen LogP contribution in [-0.2, 0) is 7.64 Å². The van der Waals surface area contributed by atoms with Crippen molar-refractivity contribution in [3.8, 4) is 0 Å². The number of carbonyl (C=O) groups is 1. The Balaban J connectivity index is 1.60. The predicted octanol–water partition coefficient (Wildman–Crippen LogP) is 3.96. The second kappa shape index (κ2) is 5.98. The van der Waals surface area contributed by atoms with Gasteiger partial charge in [-0.3, -0.25) is 0 Å². The Morgan fingerprint density at radius 1 is 1.21 bits per heavy atom. The first-order valence-corrected chi connectivity index (χ1v) is 13.4. The van der Waals surface area contributed by atoms with Crippen molar-refractivity contribution >= 4 is 30.8 Å². The Bertz CT molecular complexity index is 872. The molecule has 0 aromatic heterocycles. The Hall–Kier alpha value is -2.03. The third kappa shape index (κ3) is 2.66. The number of hydrogen-bond donors (Lipinski definition) is 0. The average Bonchev–Trinajstić information content (AvgIpc) is 3.11. The molecular formula is C18H22N2O7Se. The predicted molar refractivity (Wildman–Crippen MR) is 100 cm³/mol. The molecule has 2 aliphatic carbocycles. The molecule has 3 fully saturated rings. The van der Waals surface area contributed by atoms with Crippen molar-refractivity contribution in [2.24, 2.45) is 16.7 Å². The van der Waals surface area contributed by atoms with Crippen LogP contribution in [0.2, 0.25) is 11.1 Å². The summed E-state index contributed by atoms with van der Waals surface area (Å²) in [5.41, 5.74) is -1.08. The average molecular weight is 457 g/mol. The molecule has 1 aromatic rings. The molecule has 0 N–H and O–H groups in total. The number of nitrogens with zero attached hydrogens (tertiary/aromatic N) is 2. The number of rotatable bonds is 4. The van der Waals surface area contributed by atoms with Gasteiger partial charge in [-0.05, 0) is 0 Å². The molecule has 0 radical (unpaired) electrons. The number of fused-ring (bicyclic) bond motifs is 1. The van der Waals surface area contributed by atoms with E-state index in [0.717, 1.165) is 37.5 Å². The van der Waals surface area contributed by atoms with E-state index in [4.69, 9.17) is 7.64 Å². The zero-order chi connectivity index (χ0) is 20.5. The summed E-state index contributed by atoms with van der Waals surface area (Å²) in [5.74, 6) is 1.68. The van der Waals surface area contributed by atoms with Gasteiger partial charge >= 0.3 is 164 Å². The molecule has 10 heteroatoms. The van der Waals surface area contributed by atoms with Crippen molar-refractivity contribution in [3.05, 3.63) is 44.0 Å². The van der Waals surface area contributed by atoms with Crippen LogP contribution in [0.15, 0.2) is 18.2 Å². The van der Waals surface area contributed by atoms with Gasteiger partial charge in [-0.15, -0.1) is 0 Å². The zero-order valence-corrected chi connectivity index (χ0v) is 17.6. The number of nitro groups is 2. The molecule has 28 heavy (non-hydrogen) atoms. The normalized spacial score (nSPS) is 37.1. The van der Waals surface area contributed by atoms with Crippen molar-refractivity contribution < 1.29 is 22.3 Å². The maximum atomic E-state index is 12.7. The molecule has 3 aliphatic rings. The molecule has 9 nitrogen and oxygen atoms in total. The molecule has 2 bridgehead atoms. The van der Waals surface area contributed by atoms with E-state index in [1.807, 2.05) is 5.82 Å². The number of benzene rings is 1. The van der Waals surface area contributed by atoms with Crippen LogP contribution in [0.1, 0.15) is 43.5 Å². The summed E-state index contributed by atoms with van der Waals surface area (Å²) in [7, 11) is 0. The quantitative estimate of drug-likeness (QED) is 0.381. The zero-order valence-electron chi connectivity index (χ0n) is 15.9. The van der Waals surface area contributed by atoms with Crippen molar-refractivity contribution in [1.82, 2.24) is 0 Å². The van der Waals surface area contributed by atoms with Crippen LogP contribution in [0.3, 0.4) is 0 Å². The molecule has 2 saturated carbocycles. The SMILES string of the molecule is CC1(C)C2CCC13C[Se](C)(OC(=O)c1cc([N+](=O)[O-])cc([N+](=O)[O-])c1)OC3C2. The summed E-state index contributed by atoms with van der Waals surface area (Å²) < 4.78 is 12.1.